The molecule has 108 valence electrons. The molecule has 0 aliphatic heterocycles. The molecular formula is C14H11IN2O3S. The summed E-state index contributed by atoms with van der Waals surface area (Å²) in [6.45, 7) is 0. The average Bonchev–Trinajstić information content (AvgIpc) is 2.84. The Morgan fingerprint density at radius 2 is 1.90 bits per heavy atom. The van der Waals surface area contributed by atoms with Crippen LogP contribution in [0.1, 0.15) is 0 Å². The number of methoxy groups -OCH3 is 1. The molecule has 7 heteroatoms. The zero-order valence-corrected chi connectivity index (χ0v) is 14.0. The first-order valence-corrected chi connectivity index (χ1v) is 8.57. The van der Waals surface area contributed by atoms with Crippen molar-refractivity contribution in [3.05, 3.63) is 52.5 Å². The van der Waals surface area contributed by atoms with Gasteiger partial charge in [0.15, 0.2) is 5.75 Å². The zero-order chi connectivity index (χ0) is 15.0. The molecule has 2 aromatic heterocycles. The highest BCUT2D eigenvalue weighted by Crippen LogP contribution is 2.31. The predicted molar refractivity (Wildman–Crippen MR) is 88.0 cm³/mol. The van der Waals surface area contributed by atoms with Crippen LogP contribution in [0.3, 0.4) is 0 Å². The number of ether oxygens (including phenoxy) is 1. The minimum absolute atomic E-state index is 0.235. The molecule has 0 aliphatic rings. The van der Waals surface area contributed by atoms with Crippen LogP contribution in [0.4, 0.5) is 0 Å². The molecule has 0 amide bonds. The third-order valence-electron chi connectivity index (χ3n) is 3.09. The lowest BCUT2D eigenvalue weighted by Crippen LogP contribution is -2.14. The normalized spacial score (nSPS) is 11.7. The van der Waals surface area contributed by atoms with E-state index >= 15 is 0 Å². The van der Waals surface area contributed by atoms with Crippen molar-refractivity contribution in [3.8, 4) is 5.75 Å². The van der Waals surface area contributed by atoms with Crippen molar-refractivity contribution in [3.63, 3.8) is 0 Å². The first-order chi connectivity index (χ1) is 10.1. The van der Waals surface area contributed by atoms with Crippen LogP contribution in [0.15, 0.2) is 53.7 Å². The summed E-state index contributed by atoms with van der Waals surface area (Å²) in [6.07, 6.45) is 3.13. The molecule has 1 aromatic carbocycles. The van der Waals surface area contributed by atoms with Crippen LogP contribution in [0.5, 0.6) is 5.75 Å². The molecule has 0 fully saturated rings. The van der Waals surface area contributed by atoms with Gasteiger partial charge in [0.05, 0.1) is 21.9 Å². The maximum atomic E-state index is 12.9. The smallest absolute Gasteiger partial charge is 0.269 e. The van der Waals surface area contributed by atoms with Crippen molar-refractivity contribution >= 4 is 43.5 Å². The van der Waals surface area contributed by atoms with Gasteiger partial charge in [-0.1, -0.05) is 18.2 Å². The Bertz CT molecular complexity index is 905. The fraction of sp³-hybridized carbons (Fsp3) is 0.0714. The monoisotopic (exact) mass is 414 g/mol. The van der Waals surface area contributed by atoms with Gasteiger partial charge in [0.1, 0.15) is 5.52 Å². The summed E-state index contributed by atoms with van der Waals surface area (Å²) >= 11 is 2.00. The van der Waals surface area contributed by atoms with Crippen LogP contribution in [0.25, 0.3) is 10.9 Å². The number of benzene rings is 1. The number of aromatic nitrogens is 2. The summed E-state index contributed by atoms with van der Waals surface area (Å²) in [5, 5.41) is 0.721. The highest BCUT2D eigenvalue weighted by Gasteiger charge is 2.24. The summed E-state index contributed by atoms with van der Waals surface area (Å²) < 4.78 is 32.9. The van der Waals surface area contributed by atoms with Gasteiger partial charge >= 0.3 is 0 Å². The van der Waals surface area contributed by atoms with E-state index in [0.717, 1.165) is 5.39 Å². The second-order valence-electron chi connectivity index (χ2n) is 4.33. The maximum absolute atomic E-state index is 12.9. The zero-order valence-electron chi connectivity index (χ0n) is 11.0. The Hall–Kier alpha value is -1.61. The van der Waals surface area contributed by atoms with E-state index in [4.69, 9.17) is 4.74 Å². The number of pyridine rings is 1. The summed E-state index contributed by atoms with van der Waals surface area (Å²) in [5.74, 6) is 0.426. The minimum atomic E-state index is -3.68. The van der Waals surface area contributed by atoms with Crippen molar-refractivity contribution in [2.45, 2.75) is 4.90 Å². The van der Waals surface area contributed by atoms with E-state index in [1.54, 1.807) is 42.6 Å². The highest BCUT2D eigenvalue weighted by atomic mass is 127. The average molecular weight is 414 g/mol. The summed E-state index contributed by atoms with van der Waals surface area (Å²) in [5.41, 5.74) is 0.501. The van der Waals surface area contributed by atoms with E-state index in [1.807, 2.05) is 22.6 Å². The fourth-order valence-electron chi connectivity index (χ4n) is 2.15. The molecule has 0 saturated carbocycles. The van der Waals surface area contributed by atoms with E-state index in [1.165, 1.54) is 17.3 Å². The molecule has 0 spiro atoms. The van der Waals surface area contributed by atoms with Crippen molar-refractivity contribution in [2.24, 2.45) is 0 Å². The topological polar surface area (TPSA) is 61.2 Å². The number of nitrogens with zero attached hydrogens (tertiary/aromatic N) is 2. The number of fused-ring (bicyclic) bond motifs is 1. The van der Waals surface area contributed by atoms with Gasteiger partial charge in [-0.15, -0.1) is 0 Å². The second kappa shape index (κ2) is 5.30. The highest BCUT2D eigenvalue weighted by molar-refractivity contribution is 14.1. The molecule has 0 radical (unpaired) electrons. The predicted octanol–water partition coefficient (Wildman–Crippen LogP) is 2.89. The van der Waals surface area contributed by atoms with E-state index in [-0.39, 0.29) is 4.90 Å². The Balaban J connectivity index is 2.38. The van der Waals surface area contributed by atoms with Gasteiger partial charge in [-0.05, 0) is 40.8 Å². The number of rotatable bonds is 3. The molecule has 5 nitrogen and oxygen atoms in total. The third kappa shape index (κ3) is 2.30. The minimum Gasteiger partial charge on any atom is -0.493 e. The van der Waals surface area contributed by atoms with E-state index in [2.05, 4.69) is 4.98 Å². The lowest BCUT2D eigenvalue weighted by Gasteiger charge is -2.11. The van der Waals surface area contributed by atoms with E-state index < -0.39 is 10.0 Å². The van der Waals surface area contributed by atoms with Crippen LogP contribution < -0.4 is 4.74 Å². The van der Waals surface area contributed by atoms with Crippen molar-refractivity contribution in [1.82, 2.24) is 8.96 Å². The van der Waals surface area contributed by atoms with Gasteiger partial charge in [-0.2, -0.15) is 0 Å². The Morgan fingerprint density at radius 1 is 1.19 bits per heavy atom. The Kier molecular flexibility index (Phi) is 3.62. The molecule has 3 rings (SSSR count). The van der Waals surface area contributed by atoms with Crippen molar-refractivity contribution < 1.29 is 13.2 Å². The van der Waals surface area contributed by atoms with Gasteiger partial charge < -0.3 is 4.74 Å². The van der Waals surface area contributed by atoms with Crippen molar-refractivity contribution in [1.29, 1.82) is 0 Å². The molecule has 3 aromatic rings. The van der Waals surface area contributed by atoms with Crippen LogP contribution in [-0.4, -0.2) is 24.5 Å². The summed E-state index contributed by atoms with van der Waals surface area (Å²) in [4.78, 5) is 4.29. The largest absolute Gasteiger partial charge is 0.493 e. The Morgan fingerprint density at radius 3 is 2.57 bits per heavy atom. The first-order valence-electron chi connectivity index (χ1n) is 6.05. The lowest BCUT2D eigenvalue weighted by molar-refractivity contribution is 0.416. The molecular weight excluding hydrogens is 403 g/mol. The van der Waals surface area contributed by atoms with Crippen LogP contribution >= 0.6 is 22.6 Å². The van der Waals surface area contributed by atoms with Crippen LogP contribution in [0, 0.1) is 3.70 Å². The lowest BCUT2D eigenvalue weighted by atomic mass is 10.3. The SMILES string of the molecule is COc1cncc2cc(I)n(S(=O)(=O)c3ccccc3)c12. The number of hydrogen-bond acceptors (Lipinski definition) is 4. The quantitative estimate of drug-likeness (QED) is 0.619. The van der Waals surface area contributed by atoms with Crippen LogP contribution in [0.2, 0.25) is 0 Å². The maximum Gasteiger partial charge on any atom is 0.269 e. The second-order valence-corrected chi connectivity index (χ2v) is 7.22. The molecule has 0 atom stereocenters. The Labute approximate surface area is 135 Å². The molecule has 0 bridgehead atoms. The molecule has 0 aliphatic carbocycles. The molecule has 2 heterocycles. The number of hydrogen-bond donors (Lipinski definition) is 0. The molecule has 0 unspecified atom stereocenters. The molecule has 21 heavy (non-hydrogen) atoms. The van der Waals surface area contributed by atoms with Crippen molar-refractivity contribution in [2.75, 3.05) is 7.11 Å². The standard InChI is InChI=1S/C14H11IN2O3S/c1-20-12-9-16-8-10-7-13(15)17(14(10)12)21(18,19)11-5-3-2-4-6-11/h2-9H,1H3. The van der Waals surface area contributed by atoms with E-state index in [9.17, 15) is 8.42 Å². The van der Waals surface area contributed by atoms with Gasteiger partial charge in [-0.3, -0.25) is 4.98 Å². The van der Waals surface area contributed by atoms with Gasteiger partial charge in [0.2, 0.25) is 0 Å². The van der Waals surface area contributed by atoms with Gasteiger partial charge in [0.25, 0.3) is 10.0 Å². The van der Waals surface area contributed by atoms with Gasteiger partial charge in [-0.25, -0.2) is 12.4 Å². The first kappa shape index (κ1) is 14.3. The third-order valence-corrected chi connectivity index (χ3v) is 5.93. The summed E-state index contributed by atoms with van der Waals surface area (Å²) in [6, 6.07) is 10.1. The van der Waals surface area contributed by atoms with Crippen LogP contribution in [-0.2, 0) is 10.0 Å². The molecule has 0 saturated heterocycles. The molecule has 0 N–H and O–H groups in total. The number of halogens is 1. The van der Waals surface area contributed by atoms with E-state index in [0.29, 0.717) is 15.0 Å². The summed E-state index contributed by atoms with van der Waals surface area (Å²) in [7, 11) is -2.19. The fourth-order valence-corrected chi connectivity index (χ4v) is 4.93. The van der Waals surface area contributed by atoms with Gasteiger partial charge in [0, 0.05) is 11.6 Å².